The number of imidazole rings is 1. The Morgan fingerprint density at radius 2 is 1.45 bits per heavy atom. The second-order valence-electron chi connectivity index (χ2n) is 13.2. The number of anilines is 2. The van der Waals surface area contributed by atoms with Gasteiger partial charge in [0, 0.05) is 26.1 Å². The number of carbonyl (C=O) groups is 1. The Kier molecular flexibility index (Phi) is 10.9. The molecule has 0 aliphatic carbocycles. The van der Waals surface area contributed by atoms with Crippen molar-refractivity contribution in [2.75, 3.05) is 65.0 Å². The number of fused-ring (bicyclic) bond motifs is 1. The Morgan fingerprint density at radius 1 is 0.864 bits per heavy atom. The quantitative estimate of drug-likeness (QED) is 0.151. The number of carboxylic acid groups (broad SMARTS) is 1. The number of benzene rings is 2. The van der Waals surface area contributed by atoms with E-state index in [2.05, 4.69) is 96.3 Å². The fraction of sp³-hybridized carbons (Fsp3) is 0.471. The Bertz CT molecular complexity index is 1540. The topological polar surface area (TPSA) is 111 Å². The molecular weight excluding hydrogens is 552 g/mol. The van der Waals surface area contributed by atoms with Gasteiger partial charge in [0.2, 0.25) is 0 Å². The second-order valence-corrected chi connectivity index (χ2v) is 13.2. The van der Waals surface area contributed by atoms with E-state index in [4.69, 9.17) is 4.98 Å². The van der Waals surface area contributed by atoms with Crippen LogP contribution >= 0.6 is 0 Å². The van der Waals surface area contributed by atoms with Crippen LogP contribution in [0.2, 0.25) is 0 Å². The number of hydrogen-bond acceptors (Lipinski definition) is 8. The van der Waals surface area contributed by atoms with Gasteiger partial charge in [-0.1, -0.05) is 63.2 Å². The summed E-state index contributed by atoms with van der Waals surface area (Å²) in [5.41, 5.74) is 4.75. The predicted octanol–water partition coefficient (Wildman–Crippen LogP) is 5.56. The highest BCUT2D eigenvalue weighted by Gasteiger charge is 2.23. The molecule has 2 aromatic heterocycles. The van der Waals surface area contributed by atoms with E-state index in [-0.39, 0.29) is 5.41 Å². The summed E-state index contributed by atoms with van der Waals surface area (Å²) in [6.07, 6.45) is 2.74. The molecule has 44 heavy (non-hydrogen) atoms. The minimum absolute atomic E-state index is 0.0169. The Balaban J connectivity index is 1.74. The normalized spacial score (nSPS) is 11.9. The molecule has 236 valence electrons. The molecule has 10 nitrogen and oxygen atoms in total. The molecule has 0 bridgehead atoms. The van der Waals surface area contributed by atoms with Crippen LogP contribution in [0.15, 0.2) is 48.5 Å². The standard InChI is InChI=1S/C34H48N8O2/c1-34(2,3)22-28-37-29-30(32(36-19-11-21-41(6)7)39-38-31(29)35-18-10-20-40(4)5)42(28)23-24-14-16-25(17-15-24)26-12-8-9-13-27(26)33(43)44/h8-9,12-17H,10-11,18-23H2,1-7H3,(H,35,38)(H,36,39)(H,43,44). The summed E-state index contributed by atoms with van der Waals surface area (Å²) in [4.78, 5) is 21.4. The average molecular weight is 601 g/mol. The van der Waals surface area contributed by atoms with E-state index in [9.17, 15) is 9.90 Å². The molecule has 0 amide bonds. The zero-order valence-corrected chi connectivity index (χ0v) is 27.3. The van der Waals surface area contributed by atoms with Gasteiger partial charge in [0.15, 0.2) is 11.6 Å². The number of carboxylic acids is 1. The minimum Gasteiger partial charge on any atom is -0.478 e. The van der Waals surface area contributed by atoms with Crippen molar-refractivity contribution < 1.29 is 9.90 Å². The number of aromatic nitrogens is 4. The van der Waals surface area contributed by atoms with E-state index in [0.717, 1.165) is 79.2 Å². The first-order chi connectivity index (χ1) is 20.9. The minimum atomic E-state index is -0.931. The lowest BCUT2D eigenvalue weighted by molar-refractivity contribution is 0.0697. The van der Waals surface area contributed by atoms with E-state index < -0.39 is 5.97 Å². The van der Waals surface area contributed by atoms with Gasteiger partial charge in [-0.25, -0.2) is 9.78 Å². The van der Waals surface area contributed by atoms with E-state index in [1.54, 1.807) is 12.1 Å². The van der Waals surface area contributed by atoms with Crippen molar-refractivity contribution in [3.63, 3.8) is 0 Å². The highest BCUT2D eigenvalue weighted by atomic mass is 16.4. The van der Waals surface area contributed by atoms with Gasteiger partial charge >= 0.3 is 5.97 Å². The van der Waals surface area contributed by atoms with Crippen molar-refractivity contribution in [2.24, 2.45) is 5.41 Å². The molecule has 0 radical (unpaired) electrons. The Labute approximate surface area is 261 Å². The Hall–Kier alpha value is -4.02. The molecule has 0 saturated carbocycles. The molecule has 0 saturated heterocycles. The average Bonchev–Trinajstić information content (AvgIpc) is 3.30. The highest BCUT2D eigenvalue weighted by molar-refractivity contribution is 5.96. The van der Waals surface area contributed by atoms with Gasteiger partial charge in [-0.05, 0) is 82.3 Å². The van der Waals surface area contributed by atoms with Crippen LogP contribution in [0.3, 0.4) is 0 Å². The number of hydrogen-bond donors (Lipinski definition) is 3. The largest absolute Gasteiger partial charge is 0.478 e. The van der Waals surface area contributed by atoms with Gasteiger partial charge in [-0.3, -0.25) is 0 Å². The van der Waals surface area contributed by atoms with Crippen molar-refractivity contribution >= 4 is 28.6 Å². The summed E-state index contributed by atoms with van der Waals surface area (Å²) < 4.78 is 2.27. The summed E-state index contributed by atoms with van der Waals surface area (Å²) in [6, 6.07) is 15.2. The molecule has 0 aliphatic rings. The number of nitrogens with zero attached hydrogens (tertiary/aromatic N) is 6. The zero-order valence-electron chi connectivity index (χ0n) is 27.3. The van der Waals surface area contributed by atoms with Crippen molar-refractivity contribution in [2.45, 2.75) is 46.6 Å². The lowest BCUT2D eigenvalue weighted by Gasteiger charge is -2.19. The van der Waals surface area contributed by atoms with Crippen molar-refractivity contribution in [1.29, 1.82) is 0 Å². The van der Waals surface area contributed by atoms with Crippen LogP contribution in [-0.4, -0.2) is 95.0 Å². The fourth-order valence-corrected chi connectivity index (χ4v) is 5.21. The molecule has 4 rings (SSSR count). The van der Waals surface area contributed by atoms with Gasteiger partial charge in [-0.15, -0.1) is 10.2 Å². The maximum Gasteiger partial charge on any atom is 0.336 e. The molecule has 0 fully saturated rings. The molecule has 2 aromatic carbocycles. The molecule has 2 heterocycles. The van der Waals surface area contributed by atoms with Crippen LogP contribution in [0.5, 0.6) is 0 Å². The number of rotatable bonds is 15. The summed E-state index contributed by atoms with van der Waals surface area (Å²) in [5, 5.41) is 26.0. The van der Waals surface area contributed by atoms with Crippen molar-refractivity contribution in [1.82, 2.24) is 29.5 Å². The zero-order chi connectivity index (χ0) is 31.9. The second kappa shape index (κ2) is 14.6. The van der Waals surface area contributed by atoms with Gasteiger partial charge in [0.1, 0.15) is 16.9 Å². The first-order valence-corrected chi connectivity index (χ1v) is 15.4. The number of aromatic carboxylic acids is 1. The lowest BCUT2D eigenvalue weighted by atomic mass is 9.92. The van der Waals surface area contributed by atoms with E-state index in [0.29, 0.717) is 23.5 Å². The van der Waals surface area contributed by atoms with Gasteiger partial charge in [0.05, 0.1) is 5.56 Å². The SMILES string of the molecule is CN(C)CCCNc1nnc(NCCCN(C)C)c2c1nc(CC(C)(C)C)n2Cc1ccc(-c2ccccc2C(=O)O)cc1. The Morgan fingerprint density at radius 3 is 2.05 bits per heavy atom. The monoisotopic (exact) mass is 600 g/mol. The summed E-state index contributed by atoms with van der Waals surface area (Å²) in [6.45, 7) is 10.8. The van der Waals surface area contributed by atoms with Gasteiger partial charge in [0.25, 0.3) is 0 Å². The van der Waals surface area contributed by atoms with Crippen molar-refractivity contribution in [3.05, 3.63) is 65.5 Å². The first kappa shape index (κ1) is 32.9. The van der Waals surface area contributed by atoms with E-state index >= 15 is 0 Å². The maximum atomic E-state index is 11.8. The smallest absolute Gasteiger partial charge is 0.336 e. The molecule has 0 atom stereocenters. The highest BCUT2D eigenvalue weighted by Crippen LogP contribution is 2.32. The molecule has 3 N–H and O–H groups in total. The third kappa shape index (κ3) is 8.76. The summed E-state index contributed by atoms with van der Waals surface area (Å²) in [5.74, 6) is 1.49. The third-order valence-corrected chi connectivity index (χ3v) is 7.35. The van der Waals surface area contributed by atoms with Crippen LogP contribution in [0.4, 0.5) is 11.6 Å². The van der Waals surface area contributed by atoms with Crippen LogP contribution in [0.1, 0.15) is 55.4 Å². The third-order valence-electron chi connectivity index (χ3n) is 7.35. The van der Waals surface area contributed by atoms with Gasteiger partial charge in [-0.2, -0.15) is 0 Å². The predicted molar refractivity (Wildman–Crippen MR) is 180 cm³/mol. The molecule has 10 heteroatoms. The first-order valence-electron chi connectivity index (χ1n) is 15.4. The van der Waals surface area contributed by atoms with Crippen molar-refractivity contribution in [3.8, 4) is 11.1 Å². The van der Waals surface area contributed by atoms with Crippen LogP contribution in [0, 0.1) is 5.41 Å². The summed E-state index contributed by atoms with van der Waals surface area (Å²) >= 11 is 0. The molecule has 4 aromatic rings. The molecule has 0 unspecified atom stereocenters. The van der Waals surface area contributed by atoms with E-state index in [1.807, 2.05) is 24.3 Å². The van der Waals surface area contributed by atoms with Crippen LogP contribution < -0.4 is 10.6 Å². The fourth-order valence-electron chi connectivity index (χ4n) is 5.21. The molecular formula is C34H48N8O2. The van der Waals surface area contributed by atoms with Gasteiger partial charge < -0.3 is 30.1 Å². The molecule has 0 aliphatic heterocycles. The van der Waals surface area contributed by atoms with E-state index in [1.165, 1.54) is 0 Å². The van der Waals surface area contributed by atoms with Crippen LogP contribution in [-0.2, 0) is 13.0 Å². The lowest BCUT2D eigenvalue weighted by Crippen LogP contribution is -2.18. The maximum absolute atomic E-state index is 11.8. The molecule has 0 spiro atoms. The van der Waals surface area contributed by atoms with Crippen LogP contribution in [0.25, 0.3) is 22.2 Å². The number of nitrogens with one attached hydrogen (secondary N) is 2. The summed E-state index contributed by atoms with van der Waals surface area (Å²) in [7, 11) is 8.31.